The van der Waals surface area contributed by atoms with Crippen molar-refractivity contribution in [2.24, 2.45) is 5.73 Å². The molecule has 0 aromatic heterocycles. The first-order valence-corrected chi connectivity index (χ1v) is 5.69. The highest BCUT2D eigenvalue weighted by Gasteiger charge is 2.25. The van der Waals surface area contributed by atoms with Gasteiger partial charge in [0, 0.05) is 11.3 Å². The van der Waals surface area contributed by atoms with Crippen LogP contribution in [0.25, 0.3) is 0 Å². The third-order valence-electron chi connectivity index (χ3n) is 2.45. The molecule has 1 aromatic carbocycles. The highest BCUT2D eigenvalue weighted by Crippen LogP contribution is 2.09. The molecule has 6 N–H and O–H groups in total. The van der Waals surface area contributed by atoms with Crippen LogP contribution in [-0.4, -0.2) is 40.3 Å². The fraction of sp³-hybridized carbons (Fsp3) is 0.250. The second-order valence-electron chi connectivity index (χ2n) is 4.10. The van der Waals surface area contributed by atoms with E-state index in [0.717, 1.165) is 0 Å². The van der Waals surface area contributed by atoms with Crippen molar-refractivity contribution >= 4 is 23.6 Å². The van der Waals surface area contributed by atoms with E-state index in [2.05, 4.69) is 10.6 Å². The molecule has 2 atom stereocenters. The molecule has 3 amide bonds. The highest BCUT2D eigenvalue weighted by molar-refractivity contribution is 5.97. The fourth-order valence-electron chi connectivity index (χ4n) is 1.46. The van der Waals surface area contributed by atoms with E-state index in [1.54, 1.807) is 0 Å². The topological polar surface area (TPSA) is 142 Å². The van der Waals surface area contributed by atoms with Gasteiger partial charge in [0.15, 0.2) is 6.04 Å². The number of rotatable bonds is 5. The minimum Gasteiger partial charge on any atom is -0.480 e. The first kappa shape index (κ1) is 15.4. The van der Waals surface area contributed by atoms with E-state index < -0.39 is 30.1 Å². The quantitative estimate of drug-likeness (QED) is 0.505. The van der Waals surface area contributed by atoms with Crippen molar-refractivity contribution in [2.45, 2.75) is 19.1 Å². The van der Waals surface area contributed by atoms with Crippen LogP contribution in [0.15, 0.2) is 24.3 Å². The molecule has 20 heavy (non-hydrogen) atoms. The number of hydrogen-bond acceptors (Lipinski definition) is 4. The minimum atomic E-state index is -1.40. The summed E-state index contributed by atoms with van der Waals surface area (Å²) in [4.78, 5) is 33.3. The maximum absolute atomic E-state index is 11.8. The van der Waals surface area contributed by atoms with Gasteiger partial charge in [0.2, 0.25) is 0 Å². The van der Waals surface area contributed by atoms with Crippen LogP contribution in [0, 0.1) is 0 Å². The van der Waals surface area contributed by atoms with Crippen molar-refractivity contribution in [1.29, 1.82) is 0 Å². The second-order valence-corrected chi connectivity index (χ2v) is 4.10. The van der Waals surface area contributed by atoms with Crippen LogP contribution in [0.1, 0.15) is 17.3 Å². The number of anilines is 1. The lowest BCUT2D eigenvalue weighted by Crippen LogP contribution is -2.47. The third-order valence-corrected chi connectivity index (χ3v) is 2.45. The van der Waals surface area contributed by atoms with E-state index in [1.807, 2.05) is 0 Å². The van der Waals surface area contributed by atoms with Gasteiger partial charge in [0.25, 0.3) is 5.91 Å². The number of aliphatic hydroxyl groups excluding tert-OH is 1. The van der Waals surface area contributed by atoms with Gasteiger partial charge < -0.3 is 26.6 Å². The molecule has 0 aliphatic carbocycles. The molecule has 0 spiro atoms. The van der Waals surface area contributed by atoms with Crippen LogP contribution < -0.4 is 16.4 Å². The zero-order valence-electron chi connectivity index (χ0n) is 10.7. The third kappa shape index (κ3) is 4.25. The summed E-state index contributed by atoms with van der Waals surface area (Å²) in [7, 11) is 0. The number of benzene rings is 1. The van der Waals surface area contributed by atoms with Gasteiger partial charge in [0.05, 0.1) is 6.10 Å². The molecule has 0 saturated heterocycles. The Kier molecular flexibility index (Phi) is 5.04. The van der Waals surface area contributed by atoms with E-state index in [4.69, 9.17) is 10.8 Å². The van der Waals surface area contributed by atoms with Gasteiger partial charge in [0.1, 0.15) is 0 Å². The zero-order chi connectivity index (χ0) is 15.3. The Bertz CT molecular complexity index is 512. The predicted octanol–water partition coefficient (Wildman–Crippen LogP) is -0.259. The second kappa shape index (κ2) is 6.53. The molecule has 8 heteroatoms. The number of amides is 3. The van der Waals surface area contributed by atoms with E-state index in [-0.39, 0.29) is 5.56 Å². The smallest absolute Gasteiger partial charge is 0.328 e. The van der Waals surface area contributed by atoms with Crippen LogP contribution in [0.4, 0.5) is 10.5 Å². The first-order valence-electron chi connectivity index (χ1n) is 5.69. The molecule has 108 valence electrons. The molecule has 0 aliphatic heterocycles. The van der Waals surface area contributed by atoms with Gasteiger partial charge in [-0.3, -0.25) is 4.79 Å². The Morgan fingerprint density at radius 2 is 1.75 bits per heavy atom. The van der Waals surface area contributed by atoms with Gasteiger partial charge in [-0.15, -0.1) is 0 Å². The molecular weight excluding hydrogens is 266 g/mol. The van der Waals surface area contributed by atoms with Crippen LogP contribution in [0.5, 0.6) is 0 Å². The largest absolute Gasteiger partial charge is 0.480 e. The van der Waals surface area contributed by atoms with Crippen molar-refractivity contribution in [2.75, 3.05) is 5.32 Å². The molecule has 8 nitrogen and oxygen atoms in total. The van der Waals surface area contributed by atoms with Crippen LogP contribution in [-0.2, 0) is 4.79 Å². The lowest BCUT2D eigenvalue weighted by atomic mass is 10.1. The summed E-state index contributed by atoms with van der Waals surface area (Å²) in [6.45, 7) is 1.26. The zero-order valence-corrected chi connectivity index (χ0v) is 10.7. The van der Waals surface area contributed by atoms with Crippen LogP contribution >= 0.6 is 0 Å². The van der Waals surface area contributed by atoms with Crippen LogP contribution in [0.3, 0.4) is 0 Å². The van der Waals surface area contributed by atoms with Gasteiger partial charge in [-0.05, 0) is 31.2 Å². The summed E-state index contributed by atoms with van der Waals surface area (Å²) in [5, 5.41) is 22.6. The number of carbonyl (C=O) groups excluding carboxylic acids is 2. The molecule has 2 unspecified atom stereocenters. The molecule has 0 fully saturated rings. The summed E-state index contributed by atoms with van der Waals surface area (Å²) >= 11 is 0. The molecule has 0 bridgehead atoms. The van der Waals surface area contributed by atoms with Crippen molar-refractivity contribution in [3.8, 4) is 0 Å². The number of nitrogens with two attached hydrogens (primary N) is 1. The fourth-order valence-corrected chi connectivity index (χ4v) is 1.46. The summed E-state index contributed by atoms with van der Waals surface area (Å²) < 4.78 is 0. The number of nitrogens with one attached hydrogen (secondary N) is 2. The first-order chi connectivity index (χ1) is 9.31. The summed E-state index contributed by atoms with van der Waals surface area (Å²) in [5.41, 5.74) is 5.52. The van der Waals surface area contributed by atoms with Gasteiger partial charge in [-0.2, -0.15) is 0 Å². The Balaban J connectivity index is 2.77. The number of carboxylic acid groups (broad SMARTS) is 1. The minimum absolute atomic E-state index is 0.187. The lowest BCUT2D eigenvalue weighted by molar-refractivity contribution is -0.141. The van der Waals surface area contributed by atoms with Crippen molar-refractivity contribution < 1.29 is 24.6 Å². The van der Waals surface area contributed by atoms with E-state index in [0.29, 0.717) is 5.69 Å². The Hall–Kier alpha value is -2.61. The summed E-state index contributed by atoms with van der Waals surface area (Å²) in [5.74, 6) is -1.98. The predicted molar refractivity (Wildman–Crippen MR) is 70.2 cm³/mol. The number of hydrogen-bond donors (Lipinski definition) is 5. The SMILES string of the molecule is CC(O)C(NC(=O)c1ccc(NC(N)=O)cc1)C(=O)O. The van der Waals surface area contributed by atoms with Crippen LogP contribution in [0.2, 0.25) is 0 Å². The Morgan fingerprint density at radius 3 is 2.15 bits per heavy atom. The number of urea groups is 1. The maximum atomic E-state index is 11.8. The molecule has 1 rings (SSSR count). The van der Waals surface area contributed by atoms with Gasteiger partial charge >= 0.3 is 12.0 Å². The summed E-state index contributed by atoms with van der Waals surface area (Å²) in [6.07, 6.45) is -1.23. The van der Waals surface area contributed by atoms with Crippen molar-refractivity contribution in [3.05, 3.63) is 29.8 Å². The van der Waals surface area contributed by atoms with Crippen molar-refractivity contribution in [1.82, 2.24) is 5.32 Å². The average molecular weight is 281 g/mol. The van der Waals surface area contributed by atoms with Gasteiger partial charge in [-0.25, -0.2) is 9.59 Å². The Labute approximate surface area is 114 Å². The van der Waals surface area contributed by atoms with E-state index in [1.165, 1.54) is 31.2 Å². The van der Waals surface area contributed by atoms with E-state index >= 15 is 0 Å². The molecular formula is C12H15N3O5. The molecule has 1 aromatic rings. The number of aliphatic carboxylic acids is 1. The highest BCUT2D eigenvalue weighted by atomic mass is 16.4. The molecule has 0 saturated carbocycles. The normalized spacial score (nSPS) is 13.1. The number of carboxylic acids is 1. The Morgan fingerprint density at radius 1 is 1.20 bits per heavy atom. The summed E-state index contributed by atoms with van der Waals surface area (Å²) in [6, 6.07) is 3.53. The number of carbonyl (C=O) groups is 3. The van der Waals surface area contributed by atoms with Gasteiger partial charge in [-0.1, -0.05) is 0 Å². The maximum Gasteiger partial charge on any atom is 0.328 e. The standard InChI is InChI=1S/C12H15N3O5/c1-6(16)9(11(18)19)15-10(17)7-2-4-8(5-3-7)14-12(13)20/h2-6,9,16H,1H3,(H,15,17)(H,18,19)(H3,13,14,20). The average Bonchev–Trinajstić information content (AvgIpc) is 2.35. The lowest BCUT2D eigenvalue weighted by Gasteiger charge is -2.17. The molecule has 0 heterocycles. The number of aliphatic hydroxyl groups is 1. The van der Waals surface area contributed by atoms with Crippen molar-refractivity contribution in [3.63, 3.8) is 0 Å². The van der Waals surface area contributed by atoms with E-state index in [9.17, 15) is 19.5 Å². The molecule has 0 aliphatic rings. The monoisotopic (exact) mass is 281 g/mol. The molecule has 0 radical (unpaired) electrons. The number of primary amides is 1.